The number of nitrogens with one attached hydrogen (secondary N) is 1. The van der Waals surface area contributed by atoms with Crippen molar-refractivity contribution in [2.75, 3.05) is 11.9 Å². The van der Waals surface area contributed by atoms with E-state index in [0.717, 1.165) is 18.7 Å². The highest BCUT2D eigenvalue weighted by Gasteiger charge is 2.24. The second-order valence-electron chi connectivity index (χ2n) is 6.07. The van der Waals surface area contributed by atoms with E-state index in [9.17, 15) is 4.79 Å². The molecule has 0 aromatic carbocycles. The number of aromatic nitrogens is 3. The molecule has 21 heavy (non-hydrogen) atoms. The molecule has 7 heteroatoms. The molecule has 0 bridgehead atoms. The molecule has 2 aromatic rings. The fraction of sp³-hybridized carbons (Fsp3) is 0.500. The summed E-state index contributed by atoms with van der Waals surface area (Å²) in [5.41, 5.74) is 1.06. The Balaban J connectivity index is 1.78. The number of rotatable bonds is 2. The van der Waals surface area contributed by atoms with Crippen LogP contribution >= 0.6 is 0 Å². The maximum absolute atomic E-state index is 12.3. The first-order chi connectivity index (χ1) is 9.95. The van der Waals surface area contributed by atoms with Gasteiger partial charge in [-0.1, -0.05) is 25.9 Å². The van der Waals surface area contributed by atoms with Crippen molar-refractivity contribution < 1.29 is 14.1 Å². The predicted molar refractivity (Wildman–Crippen MR) is 75.5 cm³/mol. The lowest BCUT2D eigenvalue weighted by Gasteiger charge is -2.15. The Morgan fingerprint density at radius 2 is 2.24 bits per heavy atom. The number of carbonyl (C=O) groups is 1. The fourth-order valence-corrected chi connectivity index (χ4v) is 2.09. The normalized spacial score (nSPS) is 14.4. The maximum Gasteiger partial charge on any atom is 0.265 e. The highest BCUT2D eigenvalue weighted by atomic mass is 16.5. The molecule has 2 aromatic heterocycles. The van der Waals surface area contributed by atoms with Gasteiger partial charge < -0.3 is 9.26 Å². The van der Waals surface area contributed by atoms with Crippen molar-refractivity contribution in [1.82, 2.24) is 14.9 Å². The average Bonchev–Trinajstić information content (AvgIpc) is 3.03. The van der Waals surface area contributed by atoms with Crippen LogP contribution in [-0.2, 0) is 12.0 Å². The van der Waals surface area contributed by atoms with Gasteiger partial charge in [0.25, 0.3) is 5.91 Å². The van der Waals surface area contributed by atoms with Crippen LogP contribution in [0.15, 0.2) is 16.8 Å². The summed E-state index contributed by atoms with van der Waals surface area (Å²) in [5, 5.41) is 10.8. The SMILES string of the molecule is CC(C)(C)c1cc(NC(=O)c2cnn3c2OCCC3)on1. The number of aryl methyl sites for hydroxylation is 1. The number of hydrogen-bond donors (Lipinski definition) is 1. The summed E-state index contributed by atoms with van der Waals surface area (Å²) in [6.45, 7) is 7.44. The zero-order valence-corrected chi connectivity index (χ0v) is 12.3. The lowest BCUT2D eigenvalue weighted by Crippen LogP contribution is -2.18. The van der Waals surface area contributed by atoms with Gasteiger partial charge >= 0.3 is 0 Å². The van der Waals surface area contributed by atoms with Gasteiger partial charge in [-0.2, -0.15) is 5.10 Å². The molecule has 0 atom stereocenters. The van der Waals surface area contributed by atoms with Gasteiger partial charge in [-0.15, -0.1) is 0 Å². The first-order valence-electron chi connectivity index (χ1n) is 6.92. The number of anilines is 1. The Morgan fingerprint density at radius 1 is 1.43 bits per heavy atom. The van der Waals surface area contributed by atoms with Crippen molar-refractivity contribution in [1.29, 1.82) is 0 Å². The number of fused-ring (bicyclic) bond motifs is 1. The van der Waals surface area contributed by atoms with Crippen LogP contribution in [0.2, 0.25) is 0 Å². The van der Waals surface area contributed by atoms with Crippen LogP contribution in [-0.4, -0.2) is 27.5 Å². The van der Waals surface area contributed by atoms with E-state index >= 15 is 0 Å². The molecule has 0 saturated carbocycles. The number of carbonyl (C=O) groups excluding carboxylic acids is 1. The van der Waals surface area contributed by atoms with E-state index in [1.54, 1.807) is 10.7 Å². The summed E-state index contributed by atoms with van der Waals surface area (Å²) >= 11 is 0. The molecule has 0 spiro atoms. The van der Waals surface area contributed by atoms with E-state index in [4.69, 9.17) is 9.26 Å². The van der Waals surface area contributed by atoms with Crippen molar-refractivity contribution in [3.8, 4) is 5.88 Å². The minimum atomic E-state index is -0.310. The lowest BCUT2D eigenvalue weighted by molar-refractivity contribution is 0.101. The Kier molecular flexibility index (Phi) is 3.19. The van der Waals surface area contributed by atoms with Crippen LogP contribution in [0.1, 0.15) is 43.2 Å². The van der Waals surface area contributed by atoms with Gasteiger partial charge in [0.1, 0.15) is 5.56 Å². The Bertz CT molecular complexity index is 666. The summed E-state index contributed by atoms with van der Waals surface area (Å²) in [7, 11) is 0. The average molecular weight is 290 g/mol. The van der Waals surface area contributed by atoms with Crippen LogP contribution in [0.25, 0.3) is 0 Å². The van der Waals surface area contributed by atoms with Gasteiger partial charge in [0.15, 0.2) is 0 Å². The highest BCUT2D eigenvalue weighted by molar-refractivity contribution is 6.05. The van der Waals surface area contributed by atoms with Gasteiger partial charge in [-0.3, -0.25) is 10.1 Å². The van der Waals surface area contributed by atoms with Crippen molar-refractivity contribution in [3.63, 3.8) is 0 Å². The molecule has 0 aliphatic carbocycles. The number of nitrogens with zero attached hydrogens (tertiary/aromatic N) is 3. The van der Waals surface area contributed by atoms with E-state index < -0.39 is 0 Å². The molecule has 1 N–H and O–H groups in total. The predicted octanol–water partition coefficient (Wildman–Crippen LogP) is 2.20. The first kappa shape index (κ1) is 13.7. The van der Waals surface area contributed by atoms with Crippen molar-refractivity contribution >= 4 is 11.8 Å². The van der Waals surface area contributed by atoms with Crippen LogP contribution in [0.5, 0.6) is 5.88 Å². The zero-order chi connectivity index (χ0) is 15.0. The topological polar surface area (TPSA) is 82.2 Å². The van der Waals surface area contributed by atoms with Gasteiger partial charge in [0, 0.05) is 24.4 Å². The Labute approximate surface area is 122 Å². The lowest BCUT2D eigenvalue weighted by atomic mass is 9.92. The molecule has 1 aliphatic rings. The van der Waals surface area contributed by atoms with E-state index in [1.165, 1.54) is 6.20 Å². The molecule has 0 radical (unpaired) electrons. The Morgan fingerprint density at radius 3 is 2.95 bits per heavy atom. The quantitative estimate of drug-likeness (QED) is 0.917. The fourth-order valence-electron chi connectivity index (χ4n) is 2.09. The smallest absolute Gasteiger partial charge is 0.265 e. The molecule has 0 fully saturated rings. The zero-order valence-electron chi connectivity index (χ0n) is 12.3. The Hall–Kier alpha value is -2.31. The second-order valence-corrected chi connectivity index (χ2v) is 6.07. The van der Waals surface area contributed by atoms with E-state index in [1.807, 2.05) is 20.8 Å². The third-order valence-electron chi connectivity index (χ3n) is 3.30. The number of ether oxygens (including phenoxy) is 1. The molecule has 7 nitrogen and oxygen atoms in total. The van der Waals surface area contributed by atoms with Crippen LogP contribution in [0.3, 0.4) is 0 Å². The molecule has 0 saturated heterocycles. The van der Waals surface area contributed by atoms with Crippen LogP contribution in [0.4, 0.5) is 5.88 Å². The van der Waals surface area contributed by atoms with Crippen LogP contribution < -0.4 is 10.1 Å². The minimum Gasteiger partial charge on any atom is -0.477 e. The summed E-state index contributed by atoms with van der Waals surface area (Å²) in [6, 6.07) is 1.73. The van der Waals surface area contributed by atoms with Crippen molar-refractivity contribution in [2.45, 2.75) is 39.2 Å². The molecule has 3 heterocycles. The molecule has 1 aliphatic heterocycles. The summed E-state index contributed by atoms with van der Waals surface area (Å²) in [4.78, 5) is 12.3. The van der Waals surface area contributed by atoms with Crippen molar-refractivity contribution in [3.05, 3.63) is 23.5 Å². The largest absolute Gasteiger partial charge is 0.477 e. The minimum absolute atomic E-state index is 0.132. The number of amides is 1. The maximum atomic E-state index is 12.3. The highest BCUT2D eigenvalue weighted by Crippen LogP contribution is 2.26. The van der Waals surface area contributed by atoms with E-state index in [-0.39, 0.29) is 11.3 Å². The molecule has 1 amide bonds. The summed E-state index contributed by atoms with van der Waals surface area (Å²) in [6.07, 6.45) is 2.41. The van der Waals surface area contributed by atoms with Crippen molar-refractivity contribution in [2.24, 2.45) is 0 Å². The molecular formula is C14H18N4O3. The third kappa shape index (κ3) is 2.63. The summed E-state index contributed by atoms with van der Waals surface area (Å²) in [5.74, 6) is 0.518. The number of hydrogen-bond acceptors (Lipinski definition) is 5. The molecular weight excluding hydrogens is 272 g/mol. The van der Waals surface area contributed by atoms with Gasteiger partial charge in [0.2, 0.25) is 11.8 Å². The van der Waals surface area contributed by atoms with E-state index in [0.29, 0.717) is 23.9 Å². The summed E-state index contributed by atoms with van der Waals surface area (Å²) < 4.78 is 12.4. The second kappa shape index (κ2) is 4.91. The monoisotopic (exact) mass is 290 g/mol. The molecule has 3 rings (SSSR count). The van der Waals surface area contributed by atoms with Crippen LogP contribution in [0, 0.1) is 0 Å². The molecule has 0 unspecified atom stereocenters. The van der Waals surface area contributed by atoms with Gasteiger partial charge in [0.05, 0.1) is 18.5 Å². The third-order valence-corrected chi connectivity index (χ3v) is 3.30. The van der Waals surface area contributed by atoms with Gasteiger partial charge in [-0.05, 0) is 0 Å². The first-order valence-corrected chi connectivity index (χ1v) is 6.92. The van der Waals surface area contributed by atoms with E-state index in [2.05, 4.69) is 15.6 Å². The van der Waals surface area contributed by atoms with Gasteiger partial charge in [-0.25, -0.2) is 4.68 Å². The standard InChI is InChI=1S/C14H18N4O3/c1-14(2,3)10-7-11(21-17-10)16-12(19)9-8-15-18-5-4-6-20-13(9)18/h7-8H,4-6H2,1-3H3,(H,16,19). The molecule has 112 valence electrons.